The number of carbonyl (C=O) groups excluding carboxylic acids is 1. The first-order valence-corrected chi connectivity index (χ1v) is 8.76. The molecule has 3 aromatic rings. The fraction of sp³-hybridized carbons (Fsp3) is 0.200. The normalized spacial score (nSPS) is 13.2. The van der Waals surface area contributed by atoms with Crippen LogP contribution in [0.25, 0.3) is 5.69 Å². The van der Waals surface area contributed by atoms with Gasteiger partial charge in [0.2, 0.25) is 0 Å². The molecule has 0 atom stereocenters. The van der Waals surface area contributed by atoms with E-state index in [0.29, 0.717) is 36.1 Å². The SMILES string of the molecule is Cc1c(C(=O)Nc2ccc3c(c2)OCCO3)cnn1-c1cccc(C(F)(F)F)c1. The van der Waals surface area contributed by atoms with Crippen LogP contribution >= 0.6 is 0 Å². The molecule has 0 radical (unpaired) electrons. The third-order valence-corrected chi connectivity index (χ3v) is 4.47. The molecule has 29 heavy (non-hydrogen) atoms. The van der Waals surface area contributed by atoms with Crippen LogP contribution in [0.2, 0.25) is 0 Å². The number of aromatic nitrogens is 2. The summed E-state index contributed by atoms with van der Waals surface area (Å²) in [5.41, 5.74) is 0.602. The van der Waals surface area contributed by atoms with Crippen LogP contribution < -0.4 is 14.8 Å². The van der Waals surface area contributed by atoms with Gasteiger partial charge in [0.05, 0.1) is 28.7 Å². The Hall–Kier alpha value is -3.49. The van der Waals surface area contributed by atoms with E-state index in [2.05, 4.69) is 10.4 Å². The summed E-state index contributed by atoms with van der Waals surface area (Å²) >= 11 is 0. The van der Waals surface area contributed by atoms with Crippen LogP contribution in [0.15, 0.2) is 48.7 Å². The van der Waals surface area contributed by atoms with E-state index in [1.54, 1.807) is 25.1 Å². The van der Waals surface area contributed by atoms with Gasteiger partial charge < -0.3 is 14.8 Å². The maximum atomic E-state index is 13.0. The highest BCUT2D eigenvalue weighted by atomic mass is 19.4. The van der Waals surface area contributed by atoms with Gasteiger partial charge in [-0.05, 0) is 37.3 Å². The van der Waals surface area contributed by atoms with Crippen molar-refractivity contribution in [2.24, 2.45) is 0 Å². The number of hydrogen-bond acceptors (Lipinski definition) is 4. The summed E-state index contributed by atoms with van der Waals surface area (Å²) in [6.45, 7) is 2.51. The zero-order chi connectivity index (χ0) is 20.6. The fourth-order valence-electron chi connectivity index (χ4n) is 3.03. The van der Waals surface area contributed by atoms with Gasteiger partial charge in [-0.2, -0.15) is 18.3 Å². The van der Waals surface area contributed by atoms with Crippen molar-refractivity contribution in [1.82, 2.24) is 9.78 Å². The lowest BCUT2D eigenvalue weighted by Crippen LogP contribution is -2.16. The minimum absolute atomic E-state index is 0.218. The molecule has 0 aliphatic carbocycles. The van der Waals surface area contributed by atoms with Gasteiger partial charge in [0.1, 0.15) is 13.2 Å². The summed E-state index contributed by atoms with van der Waals surface area (Å²) in [6.07, 6.45) is -3.14. The molecule has 1 aliphatic heterocycles. The van der Waals surface area contributed by atoms with E-state index in [4.69, 9.17) is 9.47 Å². The van der Waals surface area contributed by atoms with Crippen molar-refractivity contribution in [1.29, 1.82) is 0 Å². The second kappa shape index (κ2) is 7.16. The number of nitrogens with zero attached hydrogens (tertiary/aromatic N) is 2. The smallest absolute Gasteiger partial charge is 0.416 e. The molecule has 0 saturated carbocycles. The summed E-state index contributed by atoms with van der Waals surface area (Å²) in [4.78, 5) is 12.7. The second-order valence-electron chi connectivity index (χ2n) is 6.42. The first-order chi connectivity index (χ1) is 13.8. The van der Waals surface area contributed by atoms with E-state index < -0.39 is 17.6 Å². The molecule has 0 unspecified atom stereocenters. The van der Waals surface area contributed by atoms with E-state index in [0.717, 1.165) is 12.1 Å². The van der Waals surface area contributed by atoms with Crippen LogP contribution in [0.5, 0.6) is 11.5 Å². The molecule has 1 N–H and O–H groups in total. The number of fused-ring (bicyclic) bond motifs is 1. The zero-order valence-electron chi connectivity index (χ0n) is 15.3. The maximum absolute atomic E-state index is 13.0. The molecule has 1 amide bonds. The van der Waals surface area contributed by atoms with Crippen LogP contribution in [0.1, 0.15) is 21.6 Å². The minimum Gasteiger partial charge on any atom is -0.486 e. The molecule has 0 spiro atoms. The number of benzene rings is 2. The molecule has 0 saturated heterocycles. The average molecular weight is 403 g/mol. The quantitative estimate of drug-likeness (QED) is 0.711. The predicted molar refractivity (Wildman–Crippen MR) is 98.7 cm³/mol. The number of alkyl halides is 3. The predicted octanol–water partition coefficient (Wildman–Crippen LogP) is 4.22. The highest BCUT2D eigenvalue weighted by molar-refractivity contribution is 6.05. The molecule has 1 aliphatic rings. The molecule has 6 nitrogen and oxygen atoms in total. The first-order valence-electron chi connectivity index (χ1n) is 8.76. The number of amides is 1. The van der Waals surface area contributed by atoms with Gasteiger partial charge in [-0.1, -0.05) is 6.07 Å². The first kappa shape index (κ1) is 18.9. The van der Waals surface area contributed by atoms with Gasteiger partial charge in [0.15, 0.2) is 11.5 Å². The summed E-state index contributed by atoms with van der Waals surface area (Å²) in [7, 11) is 0. The topological polar surface area (TPSA) is 65.4 Å². The standard InChI is InChI=1S/C20H16F3N3O3/c1-12-16(11-24-26(12)15-4-2-3-13(9-15)20(21,22)23)19(27)25-14-5-6-17-18(10-14)29-8-7-28-17/h2-6,9-11H,7-8H2,1H3,(H,25,27). The molecule has 0 bridgehead atoms. The van der Waals surface area contributed by atoms with Crippen molar-refractivity contribution in [2.45, 2.75) is 13.1 Å². The number of ether oxygens (including phenoxy) is 2. The van der Waals surface area contributed by atoms with Gasteiger partial charge in [-0.15, -0.1) is 0 Å². The van der Waals surface area contributed by atoms with Gasteiger partial charge >= 0.3 is 6.18 Å². The monoisotopic (exact) mass is 403 g/mol. The van der Waals surface area contributed by atoms with Crippen LogP contribution in [0.3, 0.4) is 0 Å². The minimum atomic E-state index is -4.46. The van der Waals surface area contributed by atoms with Crippen LogP contribution in [0, 0.1) is 6.92 Å². The molecule has 2 heterocycles. The number of hydrogen-bond donors (Lipinski definition) is 1. The Morgan fingerprint density at radius 1 is 1.10 bits per heavy atom. The molecule has 0 fully saturated rings. The molecule has 1 aromatic heterocycles. The van der Waals surface area contributed by atoms with Gasteiger partial charge in [0, 0.05) is 11.8 Å². The Kier molecular flexibility index (Phi) is 4.65. The van der Waals surface area contributed by atoms with Crippen LogP contribution in [0.4, 0.5) is 18.9 Å². The Morgan fingerprint density at radius 2 is 1.86 bits per heavy atom. The van der Waals surface area contributed by atoms with E-state index in [9.17, 15) is 18.0 Å². The fourth-order valence-corrected chi connectivity index (χ4v) is 3.03. The Bertz CT molecular complexity index is 1080. The van der Waals surface area contributed by atoms with Crippen molar-refractivity contribution in [3.8, 4) is 17.2 Å². The Labute approximate surface area is 163 Å². The number of rotatable bonds is 3. The van der Waals surface area contributed by atoms with Crippen molar-refractivity contribution in [3.05, 3.63) is 65.5 Å². The molecular formula is C20H16F3N3O3. The number of halogens is 3. The average Bonchev–Trinajstić information content (AvgIpc) is 3.09. The number of carbonyl (C=O) groups is 1. The summed E-state index contributed by atoms with van der Waals surface area (Å²) in [5, 5.41) is 6.83. The van der Waals surface area contributed by atoms with E-state index in [-0.39, 0.29) is 11.3 Å². The highest BCUT2D eigenvalue weighted by Crippen LogP contribution is 2.33. The third-order valence-electron chi connectivity index (χ3n) is 4.47. The molecule has 9 heteroatoms. The Balaban J connectivity index is 1.58. The lowest BCUT2D eigenvalue weighted by atomic mass is 10.2. The number of nitrogens with one attached hydrogen (secondary N) is 1. The number of anilines is 1. The lowest BCUT2D eigenvalue weighted by molar-refractivity contribution is -0.137. The summed E-state index contributed by atoms with van der Waals surface area (Å²) < 4.78 is 51.1. The molecular weight excluding hydrogens is 387 g/mol. The zero-order valence-corrected chi connectivity index (χ0v) is 15.3. The van der Waals surface area contributed by atoms with E-state index in [1.165, 1.54) is 23.0 Å². The van der Waals surface area contributed by atoms with E-state index in [1.807, 2.05) is 0 Å². The summed E-state index contributed by atoms with van der Waals surface area (Å²) in [6, 6.07) is 9.80. The van der Waals surface area contributed by atoms with Crippen LogP contribution in [-0.2, 0) is 6.18 Å². The van der Waals surface area contributed by atoms with Crippen molar-refractivity contribution in [3.63, 3.8) is 0 Å². The van der Waals surface area contributed by atoms with Crippen LogP contribution in [-0.4, -0.2) is 28.9 Å². The van der Waals surface area contributed by atoms with E-state index >= 15 is 0 Å². The summed E-state index contributed by atoms with van der Waals surface area (Å²) in [5.74, 6) is 0.700. The Morgan fingerprint density at radius 3 is 2.62 bits per heavy atom. The van der Waals surface area contributed by atoms with Crippen molar-refractivity contribution >= 4 is 11.6 Å². The third kappa shape index (κ3) is 3.75. The second-order valence-corrected chi connectivity index (χ2v) is 6.42. The van der Waals surface area contributed by atoms with Gasteiger partial charge in [-0.25, -0.2) is 4.68 Å². The largest absolute Gasteiger partial charge is 0.486 e. The molecule has 4 rings (SSSR count). The molecule has 150 valence electrons. The van der Waals surface area contributed by atoms with Gasteiger partial charge in [-0.3, -0.25) is 4.79 Å². The highest BCUT2D eigenvalue weighted by Gasteiger charge is 2.30. The van der Waals surface area contributed by atoms with Crippen molar-refractivity contribution < 1.29 is 27.4 Å². The molecule has 2 aromatic carbocycles. The maximum Gasteiger partial charge on any atom is 0.416 e. The van der Waals surface area contributed by atoms with Gasteiger partial charge in [0.25, 0.3) is 5.91 Å². The lowest BCUT2D eigenvalue weighted by Gasteiger charge is -2.19. The van der Waals surface area contributed by atoms with Crippen molar-refractivity contribution in [2.75, 3.05) is 18.5 Å².